The van der Waals surface area contributed by atoms with Gasteiger partial charge in [-0.15, -0.1) is 0 Å². The van der Waals surface area contributed by atoms with Crippen LogP contribution < -0.4 is 0 Å². The van der Waals surface area contributed by atoms with E-state index in [1.807, 2.05) is 51.1 Å². The molecule has 154 valence electrons. The number of nitrogens with zero attached hydrogens (tertiary/aromatic N) is 2. The normalized spacial score (nSPS) is 25.3. The smallest absolute Gasteiger partial charge is 0.254 e. The molecule has 2 amide bonds. The van der Waals surface area contributed by atoms with E-state index in [0.29, 0.717) is 0 Å². The molecule has 2 heterocycles. The van der Waals surface area contributed by atoms with E-state index >= 15 is 0 Å². The first-order valence-corrected chi connectivity index (χ1v) is 10.9. The maximum absolute atomic E-state index is 13.3. The van der Waals surface area contributed by atoms with Crippen molar-refractivity contribution in [2.24, 2.45) is 5.92 Å². The fourth-order valence-electron chi connectivity index (χ4n) is 4.72. The van der Waals surface area contributed by atoms with Crippen molar-refractivity contribution >= 4 is 11.8 Å². The number of carbonyl (C=O) groups excluding carboxylic acids is 2. The number of carbonyl (C=O) groups is 2. The highest BCUT2D eigenvalue weighted by Crippen LogP contribution is 2.52. The fourth-order valence-corrected chi connectivity index (χ4v) is 4.72. The van der Waals surface area contributed by atoms with E-state index < -0.39 is 11.5 Å². The molecule has 0 N–H and O–H groups in total. The van der Waals surface area contributed by atoms with Gasteiger partial charge in [-0.25, -0.2) is 10.0 Å². The van der Waals surface area contributed by atoms with Gasteiger partial charge in [-0.2, -0.15) is 0 Å². The average Bonchev–Trinajstić information content (AvgIpc) is 3.01. The number of hydrogen-bond acceptors (Lipinski definition) is 2. The lowest BCUT2D eigenvalue weighted by Gasteiger charge is -2.53. The minimum atomic E-state index is -0.641. The third-order valence-corrected chi connectivity index (χ3v) is 6.12. The molecule has 29 heavy (non-hydrogen) atoms. The van der Waals surface area contributed by atoms with Crippen molar-refractivity contribution in [3.05, 3.63) is 71.3 Å². The van der Waals surface area contributed by atoms with Gasteiger partial charge in [0.15, 0.2) is 0 Å². The van der Waals surface area contributed by atoms with E-state index in [1.165, 1.54) is 0 Å². The maximum Gasteiger partial charge on any atom is 0.254 e. The molecule has 0 aromatic heterocycles. The Labute approximate surface area is 174 Å². The van der Waals surface area contributed by atoms with Gasteiger partial charge in [0.1, 0.15) is 11.5 Å². The summed E-state index contributed by atoms with van der Waals surface area (Å²) in [7, 11) is 0. The van der Waals surface area contributed by atoms with E-state index in [4.69, 9.17) is 0 Å². The number of hydrogen-bond donors (Lipinski definition) is 0. The highest BCUT2D eigenvalue weighted by atomic mass is 16.2. The summed E-state index contributed by atoms with van der Waals surface area (Å²) in [5.41, 5.74) is 2.70. The Hall–Kier alpha value is -2.62. The lowest BCUT2D eigenvalue weighted by Crippen LogP contribution is -2.59. The molecule has 0 radical (unpaired) electrons. The lowest BCUT2D eigenvalue weighted by molar-refractivity contribution is -0.170. The molecule has 0 aliphatic carbocycles. The molecule has 4 heteroatoms. The zero-order chi connectivity index (χ0) is 21.2. The Morgan fingerprint density at radius 2 is 1.52 bits per heavy atom. The standard InChI is InChI=1S/C23H26N2O2.C2H6/c1-4-5-15-23(18-11-7-6-8-12-18)20-14-10-9-13-19(20)17(3)24-21(26)16(2)22(27)25(23)24;1-2/h6-14,16-17H,4-5,15H2,1-3H3;1-2H3. The first-order valence-electron chi connectivity index (χ1n) is 10.9. The minimum Gasteiger partial charge on any atom is -0.272 e. The second-order valence-electron chi connectivity index (χ2n) is 7.65. The molecule has 2 aliphatic rings. The summed E-state index contributed by atoms with van der Waals surface area (Å²) in [5, 5.41) is 3.51. The van der Waals surface area contributed by atoms with Crippen LogP contribution in [0.1, 0.15) is 76.6 Å². The molecule has 1 fully saturated rings. The van der Waals surface area contributed by atoms with E-state index in [1.54, 1.807) is 16.9 Å². The summed E-state index contributed by atoms with van der Waals surface area (Å²) >= 11 is 0. The van der Waals surface area contributed by atoms with Crippen molar-refractivity contribution in [1.82, 2.24) is 10.0 Å². The van der Waals surface area contributed by atoms with Crippen LogP contribution >= 0.6 is 0 Å². The van der Waals surface area contributed by atoms with Crippen LogP contribution in [-0.4, -0.2) is 21.8 Å². The summed E-state index contributed by atoms with van der Waals surface area (Å²) in [5.74, 6) is -0.827. The summed E-state index contributed by atoms with van der Waals surface area (Å²) < 4.78 is 0. The second-order valence-corrected chi connectivity index (χ2v) is 7.65. The van der Waals surface area contributed by atoms with E-state index in [9.17, 15) is 9.59 Å². The topological polar surface area (TPSA) is 40.6 Å². The van der Waals surface area contributed by atoms with Gasteiger partial charge in [-0.1, -0.05) is 88.2 Å². The van der Waals surface area contributed by atoms with Crippen LogP contribution in [0.5, 0.6) is 0 Å². The minimum absolute atomic E-state index is 0.0960. The Bertz CT molecular complexity index is 879. The van der Waals surface area contributed by atoms with Gasteiger partial charge in [-0.05, 0) is 37.0 Å². The first kappa shape index (κ1) is 21.1. The van der Waals surface area contributed by atoms with E-state index in [2.05, 4.69) is 31.2 Å². The zero-order valence-electron chi connectivity index (χ0n) is 18.2. The van der Waals surface area contributed by atoms with Crippen molar-refractivity contribution in [1.29, 1.82) is 0 Å². The predicted molar refractivity (Wildman–Crippen MR) is 116 cm³/mol. The van der Waals surface area contributed by atoms with Crippen LogP contribution in [0, 0.1) is 5.92 Å². The van der Waals surface area contributed by atoms with Gasteiger partial charge >= 0.3 is 0 Å². The van der Waals surface area contributed by atoms with Crippen molar-refractivity contribution < 1.29 is 9.59 Å². The number of hydrazine groups is 1. The van der Waals surface area contributed by atoms with Crippen molar-refractivity contribution in [3.8, 4) is 0 Å². The van der Waals surface area contributed by atoms with Gasteiger partial charge in [0, 0.05) is 0 Å². The third-order valence-electron chi connectivity index (χ3n) is 6.12. The molecule has 4 nitrogen and oxygen atoms in total. The molecular formula is C25H32N2O2. The lowest BCUT2D eigenvalue weighted by atomic mass is 9.73. The number of rotatable bonds is 4. The molecule has 0 saturated carbocycles. The Morgan fingerprint density at radius 1 is 0.897 bits per heavy atom. The van der Waals surface area contributed by atoms with Crippen LogP contribution in [-0.2, 0) is 15.1 Å². The van der Waals surface area contributed by atoms with Gasteiger partial charge < -0.3 is 0 Å². The van der Waals surface area contributed by atoms with Crippen molar-refractivity contribution in [2.45, 2.75) is 65.5 Å². The second kappa shape index (κ2) is 8.40. The van der Waals surface area contributed by atoms with Crippen LogP contribution in [0.4, 0.5) is 0 Å². The first-order chi connectivity index (χ1) is 14.0. The fraction of sp³-hybridized carbons (Fsp3) is 0.440. The zero-order valence-corrected chi connectivity index (χ0v) is 18.2. The third kappa shape index (κ3) is 3.06. The SMILES string of the molecule is CC.CCCCC1(c2ccccc2)c2ccccc2C(C)N2C(=O)C(C)C(=O)N21. The van der Waals surface area contributed by atoms with Crippen LogP contribution in [0.25, 0.3) is 0 Å². The molecule has 0 bridgehead atoms. The maximum atomic E-state index is 13.3. The summed E-state index contributed by atoms with van der Waals surface area (Å²) in [6.07, 6.45) is 2.79. The molecule has 2 aromatic rings. The Balaban J connectivity index is 0.00000117. The molecule has 0 spiro atoms. The summed E-state index contributed by atoms with van der Waals surface area (Å²) in [6, 6.07) is 18.3. The molecule has 3 atom stereocenters. The van der Waals surface area contributed by atoms with Crippen LogP contribution in [0.15, 0.2) is 54.6 Å². The predicted octanol–water partition coefficient (Wildman–Crippen LogP) is 5.44. The van der Waals surface area contributed by atoms with Gasteiger partial charge in [-0.3, -0.25) is 9.59 Å². The Kier molecular flexibility index (Phi) is 6.11. The van der Waals surface area contributed by atoms with Crippen LogP contribution in [0.3, 0.4) is 0 Å². The highest BCUT2D eigenvalue weighted by Gasteiger charge is 2.58. The van der Waals surface area contributed by atoms with E-state index in [-0.39, 0.29) is 17.9 Å². The van der Waals surface area contributed by atoms with Gasteiger partial charge in [0.05, 0.1) is 6.04 Å². The molecular weight excluding hydrogens is 360 g/mol. The average molecular weight is 393 g/mol. The molecule has 2 aromatic carbocycles. The number of benzene rings is 2. The quantitative estimate of drug-likeness (QED) is 0.650. The molecule has 3 unspecified atom stereocenters. The highest BCUT2D eigenvalue weighted by molar-refractivity contribution is 6.06. The molecule has 4 rings (SSSR count). The monoisotopic (exact) mass is 392 g/mol. The number of amides is 2. The van der Waals surface area contributed by atoms with Gasteiger partial charge in [0.2, 0.25) is 0 Å². The summed E-state index contributed by atoms with van der Waals surface area (Å²) in [4.78, 5) is 26.3. The van der Waals surface area contributed by atoms with Gasteiger partial charge in [0.25, 0.3) is 11.8 Å². The van der Waals surface area contributed by atoms with Crippen molar-refractivity contribution in [3.63, 3.8) is 0 Å². The Morgan fingerprint density at radius 3 is 2.17 bits per heavy atom. The summed E-state index contributed by atoms with van der Waals surface area (Å²) in [6.45, 7) is 9.91. The van der Waals surface area contributed by atoms with Crippen molar-refractivity contribution in [2.75, 3.05) is 0 Å². The number of fused-ring (bicyclic) bond motifs is 2. The largest absolute Gasteiger partial charge is 0.272 e. The van der Waals surface area contributed by atoms with E-state index in [0.717, 1.165) is 36.0 Å². The number of unbranched alkanes of at least 4 members (excludes halogenated alkanes) is 1. The molecule has 1 saturated heterocycles. The van der Waals surface area contributed by atoms with Crippen LogP contribution in [0.2, 0.25) is 0 Å². The molecule has 2 aliphatic heterocycles.